The third-order valence-electron chi connectivity index (χ3n) is 3.15. The Morgan fingerprint density at radius 2 is 1.95 bits per heavy atom. The van der Waals surface area contributed by atoms with E-state index in [-0.39, 0.29) is 12.6 Å². The van der Waals surface area contributed by atoms with Crippen LogP contribution in [0, 0.1) is 0 Å². The van der Waals surface area contributed by atoms with Crippen LogP contribution in [-0.2, 0) is 0 Å². The van der Waals surface area contributed by atoms with E-state index in [2.05, 4.69) is 24.4 Å². The van der Waals surface area contributed by atoms with Gasteiger partial charge in [-0.1, -0.05) is 11.6 Å². The van der Waals surface area contributed by atoms with E-state index in [0.717, 1.165) is 15.7 Å². The molecule has 0 bridgehead atoms. The van der Waals surface area contributed by atoms with Crippen LogP contribution < -0.4 is 10.2 Å². The number of aliphatic hydroxyl groups is 1. The molecule has 3 nitrogen and oxygen atoms in total. The molecule has 1 aromatic heterocycles. The lowest BCUT2D eigenvalue weighted by molar-refractivity contribution is 0.304. The van der Waals surface area contributed by atoms with E-state index in [0.29, 0.717) is 6.54 Å². The van der Waals surface area contributed by atoms with Gasteiger partial charge in [-0.25, -0.2) is 0 Å². The molecular weight excluding hydrogens is 292 g/mol. The highest BCUT2D eigenvalue weighted by Crippen LogP contribution is 2.29. The number of halogens is 1. The van der Waals surface area contributed by atoms with Gasteiger partial charge in [0.15, 0.2) is 0 Å². The van der Waals surface area contributed by atoms with Crippen molar-refractivity contribution in [1.82, 2.24) is 0 Å². The lowest BCUT2D eigenvalue weighted by Crippen LogP contribution is -2.20. The largest absolute Gasteiger partial charge is 0.395 e. The van der Waals surface area contributed by atoms with E-state index < -0.39 is 0 Å². The number of hydrogen-bond donors (Lipinski definition) is 2. The SMILES string of the molecule is CC(Nc1ccc(N(C)CCO)cc1)c1ccc(Cl)s1. The topological polar surface area (TPSA) is 35.5 Å². The quantitative estimate of drug-likeness (QED) is 0.846. The van der Waals surface area contributed by atoms with Crippen LogP contribution in [0.1, 0.15) is 17.8 Å². The summed E-state index contributed by atoms with van der Waals surface area (Å²) in [5.74, 6) is 0. The minimum Gasteiger partial charge on any atom is -0.395 e. The van der Waals surface area contributed by atoms with Crippen LogP contribution in [0.4, 0.5) is 11.4 Å². The van der Waals surface area contributed by atoms with Gasteiger partial charge in [-0.2, -0.15) is 0 Å². The molecule has 20 heavy (non-hydrogen) atoms. The van der Waals surface area contributed by atoms with Gasteiger partial charge in [0.25, 0.3) is 0 Å². The predicted octanol–water partition coefficient (Wildman–Crippen LogP) is 4.00. The summed E-state index contributed by atoms with van der Waals surface area (Å²) >= 11 is 7.55. The fraction of sp³-hybridized carbons (Fsp3) is 0.333. The van der Waals surface area contributed by atoms with Gasteiger partial charge in [-0.15, -0.1) is 11.3 Å². The zero-order valence-electron chi connectivity index (χ0n) is 11.6. The van der Waals surface area contributed by atoms with Crippen LogP contribution in [-0.4, -0.2) is 25.3 Å². The van der Waals surface area contributed by atoms with Gasteiger partial charge in [-0.05, 0) is 43.3 Å². The van der Waals surface area contributed by atoms with E-state index >= 15 is 0 Å². The number of thiophene rings is 1. The summed E-state index contributed by atoms with van der Waals surface area (Å²) < 4.78 is 0.814. The molecule has 0 aliphatic carbocycles. The second-order valence-electron chi connectivity index (χ2n) is 4.70. The number of anilines is 2. The predicted molar refractivity (Wildman–Crippen MR) is 88.2 cm³/mol. The zero-order valence-corrected chi connectivity index (χ0v) is 13.2. The fourth-order valence-electron chi connectivity index (χ4n) is 1.97. The van der Waals surface area contributed by atoms with Gasteiger partial charge in [0, 0.05) is 29.8 Å². The number of nitrogens with zero attached hydrogens (tertiary/aromatic N) is 1. The third kappa shape index (κ3) is 3.88. The molecule has 0 saturated carbocycles. The van der Waals surface area contributed by atoms with E-state index in [1.807, 2.05) is 36.2 Å². The summed E-state index contributed by atoms with van der Waals surface area (Å²) in [7, 11) is 1.97. The molecule has 0 aliphatic rings. The molecule has 0 radical (unpaired) electrons. The molecule has 0 amide bonds. The Morgan fingerprint density at radius 3 is 2.50 bits per heavy atom. The summed E-state index contributed by atoms with van der Waals surface area (Å²) in [5.41, 5.74) is 2.17. The molecule has 1 atom stereocenters. The molecule has 0 saturated heterocycles. The number of rotatable bonds is 6. The van der Waals surface area contributed by atoms with E-state index in [4.69, 9.17) is 16.7 Å². The smallest absolute Gasteiger partial charge is 0.0932 e. The van der Waals surface area contributed by atoms with Crippen LogP contribution in [0.25, 0.3) is 0 Å². The van der Waals surface area contributed by atoms with Gasteiger partial charge < -0.3 is 15.3 Å². The lowest BCUT2D eigenvalue weighted by atomic mass is 10.2. The standard InChI is InChI=1S/C15H19ClN2OS/c1-11(14-7-8-15(16)20-14)17-12-3-5-13(6-4-12)18(2)9-10-19/h3-8,11,17,19H,9-10H2,1-2H3. The Morgan fingerprint density at radius 1 is 1.25 bits per heavy atom. The highest BCUT2D eigenvalue weighted by Gasteiger charge is 2.08. The van der Waals surface area contributed by atoms with Crippen molar-refractivity contribution in [3.05, 3.63) is 45.6 Å². The van der Waals surface area contributed by atoms with E-state index in [1.54, 1.807) is 11.3 Å². The summed E-state index contributed by atoms with van der Waals surface area (Å²) in [5, 5.41) is 12.4. The number of benzene rings is 1. The number of likely N-dealkylation sites (N-methyl/N-ethyl adjacent to an activating group) is 1. The van der Waals surface area contributed by atoms with Crippen LogP contribution in [0.3, 0.4) is 0 Å². The van der Waals surface area contributed by atoms with Gasteiger partial charge >= 0.3 is 0 Å². The third-order valence-corrected chi connectivity index (χ3v) is 4.56. The summed E-state index contributed by atoms with van der Waals surface area (Å²) in [6.45, 7) is 2.91. The molecule has 108 valence electrons. The Bertz CT molecular complexity index is 541. The van der Waals surface area contributed by atoms with Gasteiger partial charge in [0.2, 0.25) is 0 Å². The van der Waals surface area contributed by atoms with Crippen molar-refractivity contribution >= 4 is 34.3 Å². The van der Waals surface area contributed by atoms with Crippen molar-refractivity contribution in [1.29, 1.82) is 0 Å². The normalized spacial score (nSPS) is 12.2. The van der Waals surface area contributed by atoms with Crippen molar-refractivity contribution in [3.8, 4) is 0 Å². The fourth-order valence-corrected chi connectivity index (χ4v) is 3.04. The van der Waals surface area contributed by atoms with Crippen LogP contribution in [0.15, 0.2) is 36.4 Å². The summed E-state index contributed by atoms with van der Waals surface area (Å²) in [6.07, 6.45) is 0. The van der Waals surface area contributed by atoms with Crippen molar-refractivity contribution < 1.29 is 5.11 Å². The molecule has 1 unspecified atom stereocenters. The van der Waals surface area contributed by atoms with Gasteiger partial charge in [-0.3, -0.25) is 0 Å². The Hall–Kier alpha value is -1.23. The molecule has 2 rings (SSSR count). The number of hydrogen-bond acceptors (Lipinski definition) is 4. The highest BCUT2D eigenvalue weighted by atomic mass is 35.5. The first-order valence-corrected chi connectivity index (χ1v) is 7.73. The van der Waals surface area contributed by atoms with Crippen molar-refractivity contribution in [2.24, 2.45) is 0 Å². The molecular formula is C15H19ClN2OS. The average molecular weight is 311 g/mol. The zero-order chi connectivity index (χ0) is 14.5. The minimum absolute atomic E-state index is 0.159. The molecule has 1 aromatic carbocycles. The summed E-state index contributed by atoms with van der Waals surface area (Å²) in [4.78, 5) is 3.24. The number of nitrogens with one attached hydrogen (secondary N) is 1. The molecule has 5 heteroatoms. The second kappa shape index (κ2) is 6.97. The minimum atomic E-state index is 0.159. The van der Waals surface area contributed by atoms with Gasteiger partial charge in [0.1, 0.15) is 0 Å². The van der Waals surface area contributed by atoms with Crippen LogP contribution in [0.5, 0.6) is 0 Å². The van der Waals surface area contributed by atoms with Crippen molar-refractivity contribution in [3.63, 3.8) is 0 Å². The van der Waals surface area contributed by atoms with E-state index in [1.165, 1.54) is 4.88 Å². The van der Waals surface area contributed by atoms with Crippen LogP contribution >= 0.6 is 22.9 Å². The maximum absolute atomic E-state index is 8.94. The molecule has 1 heterocycles. The Balaban J connectivity index is 2.00. The van der Waals surface area contributed by atoms with Gasteiger partial charge in [0.05, 0.1) is 17.0 Å². The molecule has 2 aromatic rings. The van der Waals surface area contributed by atoms with Crippen molar-refractivity contribution in [2.75, 3.05) is 30.4 Å². The maximum Gasteiger partial charge on any atom is 0.0932 e. The van der Waals surface area contributed by atoms with Crippen molar-refractivity contribution in [2.45, 2.75) is 13.0 Å². The average Bonchev–Trinajstić information content (AvgIpc) is 2.86. The van der Waals surface area contributed by atoms with Crippen LogP contribution in [0.2, 0.25) is 4.34 Å². The molecule has 0 fully saturated rings. The first-order valence-electron chi connectivity index (χ1n) is 6.54. The second-order valence-corrected chi connectivity index (χ2v) is 6.45. The number of aliphatic hydroxyl groups excluding tert-OH is 1. The first-order chi connectivity index (χ1) is 9.60. The molecule has 0 aliphatic heterocycles. The Labute approximate surface area is 128 Å². The summed E-state index contributed by atoms with van der Waals surface area (Å²) in [6, 6.07) is 12.4. The monoisotopic (exact) mass is 310 g/mol. The first kappa shape index (κ1) is 15.2. The molecule has 0 spiro atoms. The Kier molecular flexibility index (Phi) is 5.29. The maximum atomic E-state index is 8.94. The lowest BCUT2D eigenvalue weighted by Gasteiger charge is -2.19. The highest BCUT2D eigenvalue weighted by molar-refractivity contribution is 7.16. The van der Waals surface area contributed by atoms with E-state index in [9.17, 15) is 0 Å². The molecule has 2 N–H and O–H groups in total.